The zero-order valence-corrected chi connectivity index (χ0v) is 11.5. The highest BCUT2D eigenvalue weighted by atomic mass is 16.5. The minimum atomic E-state index is -0.424. The number of carbonyl (C=O) groups excluding carboxylic acids is 1. The van der Waals surface area contributed by atoms with Crippen molar-refractivity contribution in [2.75, 3.05) is 34.4 Å². The summed E-state index contributed by atoms with van der Waals surface area (Å²) in [6.45, 7) is 3.61. The third-order valence-electron chi connectivity index (χ3n) is 2.60. The van der Waals surface area contributed by atoms with Crippen molar-refractivity contribution in [3.8, 4) is 0 Å². The van der Waals surface area contributed by atoms with E-state index in [0.29, 0.717) is 13.0 Å². The summed E-state index contributed by atoms with van der Waals surface area (Å²) in [5, 5.41) is 2.93. The second kappa shape index (κ2) is 9.39. The molecule has 0 aromatic carbocycles. The van der Waals surface area contributed by atoms with Gasteiger partial charge in [-0.3, -0.25) is 4.79 Å². The summed E-state index contributed by atoms with van der Waals surface area (Å²) in [6, 6.07) is -0.259. The maximum atomic E-state index is 11.7. The maximum Gasteiger partial charge on any atom is 0.237 e. The number of rotatable bonds is 9. The number of nitrogens with zero attached hydrogens (tertiary/aromatic N) is 1. The Labute approximate surface area is 105 Å². The Morgan fingerprint density at radius 1 is 1.41 bits per heavy atom. The number of carbonyl (C=O) groups is 1. The molecule has 102 valence electrons. The fourth-order valence-electron chi connectivity index (χ4n) is 1.45. The summed E-state index contributed by atoms with van der Waals surface area (Å²) in [4.78, 5) is 13.8. The van der Waals surface area contributed by atoms with Crippen LogP contribution in [0.2, 0.25) is 0 Å². The molecular weight excluding hydrogens is 218 g/mol. The molecule has 0 saturated carbocycles. The van der Waals surface area contributed by atoms with E-state index in [1.807, 2.05) is 21.0 Å². The van der Waals surface area contributed by atoms with Crippen LogP contribution in [0.15, 0.2) is 0 Å². The molecule has 0 bridgehead atoms. The van der Waals surface area contributed by atoms with Crippen LogP contribution in [0.5, 0.6) is 0 Å². The van der Waals surface area contributed by atoms with Gasteiger partial charge >= 0.3 is 0 Å². The van der Waals surface area contributed by atoms with Crippen molar-refractivity contribution in [3.63, 3.8) is 0 Å². The summed E-state index contributed by atoms with van der Waals surface area (Å²) in [6.07, 6.45) is 2.42. The van der Waals surface area contributed by atoms with Gasteiger partial charge < -0.3 is 20.7 Å². The van der Waals surface area contributed by atoms with Crippen LogP contribution in [-0.2, 0) is 9.53 Å². The van der Waals surface area contributed by atoms with Gasteiger partial charge in [0.25, 0.3) is 0 Å². The van der Waals surface area contributed by atoms with E-state index < -0.39 is 6.04 Å². The highest BCUT2D eigenvalue weighted by molar-refractivity contribution is 5.81. The van der Waals surface area contributed by atoms with Gasteiger partial charge in [0.2, 0.25) is 5.91 Å². The van der Waals surface area contributed by atoms with Crippen LogP contribution < -0.4 is 11.1 Å². The molecule has 1 amide bonds. The van der Waals surface area contributed by atoms with Gasteiger partial charge in [-0.05, 0) is 46.8 Å². The molecular formula is C12H27N3O2. The lowest BCUT2D eigenvalue weighted by atomic mass is 10.1. The zero-order valence-electron chi connectivity index (χ0n) is 11.5. The van der Waals surface area contributed by atoms with E-state index >= 15 is 0 Å². The van der Waals surface area contributed by atoms with Crippen LogP contribution in [0.3, 0.4) is 0 Å². The van der Waals surface area contributed by atoms with Crippen molar-refractivity contribution in [2.24, 2.45) is 5.73 Å². The largest absolute Gasteiger partial charge is 0.385 e. The van der Waals surface area contributed by atoms with E-state index in [0.717, 1.165) is 19.4 Å². The van der Waals surface area contributed by atoms with E-state index in [9.17, 15) is 4.79 Å². The molecule has 2 unspecified atom stereocenters. The Balaban J connectivity index is 3.74. The molecule has 0 aromatic heterocycles. The monoisotopic (exact) mass is 245 g/mol. The fraction of sp³-hybridized carbons (Fsp3) is 0.917. The number of hydrogen-bond acceptors (Lipinski definition) is 4. The molecule has 5 heteroatoms. The topological polar surface area (TPSA) is 67.6 Å². The van der Waals surface area contributed by atoms with E-state index in [-0.39, 0.29) is 11.9 Å². The Kier molecular flexibility index (Phi) is 9.03. The van der Waals surface area contributed by atoms with Gasteiger partial charge in [0.05, 0.1) is 6.04 Å². The van der Waals surface area contributed by atoms with Crippen molar-refractivity contribution in [2.45, 2.75) is 38.3 Å². The first-order valence-electron chi connectivity index (χ1n) is 6.17. The third kappa shape index (κ3) is 9.09. The molecule has 0 rings (SSSR count). The van der Waals surface area contributed by atoms with Gasteiger partial charge in [0, 0.05) is 19.8 Å². The number of ether oxygens (including phenoxy) is 1. The molecule has 2 atom stereocenters. The Hall–Kier alpha value is -0.650. The molecule has 0 aromatic rings. The fourth-order valence-corrected chi connectivity index (χ4v) is 1.45. The lowest BCUT2D eigenvalue weighted by Crippen LogP contribution is -2.45. The van der Waals surface area contributed by atoms with Crippen LogP contribution in [0.25, 0.3) is 0 Å². The molecule has 0 spiro atoms. The van der Waals surface area contributed by atoms with Crippen molar-refractivity contribution >= 4 is 5.91 Å². The highest BCUT2D eigenvalue weighted by Crippen LogP contribution is 1.98. The number of methoxy groups -OCH3 is 1. The van der Waals surface area contributed by atoms with Gasteiger partial charge in [-0.25, -0.2) is 0 Å². The SMILES string of the molecule is COCCCC(N)C(=O)NC(C)CCN(C)C. The first-order chi connectivity index (χ1) is 7.97. The molecule has 0 aliphatic rings. The average molecular weight is 245 g/mol. The molecule has 0 aliphatic carbocycles. The van der Waals surface area contributed by atoms with Crippen LogP contribution in [0.4, 0.5) is 0 Å². The lowest BCUT2D eigenvalue weighted by molar-refractivity contribution is -0.123. The van der Waals surface area contributed by atoms with Crippen LogP contribution >= 0.6 is 0 Å². The van der Waals surface area contributed by atoms with Crippen molar-refractivity contribution in [3.05, 3.63) is 0 Å². The Morgan fingerprint density at radius 2 is 2.06 bits per heavy atom. The van der Waals surface area contributed by atoms with Crippen molar-refractivity contribution < 1.29 is 9.53 Å². The lowest BCUT2D eigenvalue weighted by Gasteiger charge is -2.19. The van der Waals surface area contributed by atoms with Crippen LogP contribution in [0, 0.1) is 0 Å². The van der Waals surface area contributed by atoms with E-state index in [4.69, 9.17) is 10.5 Å². The predicted molar refractivity (Wildman–Crippen MR) is 69.9 cm³/mol. The molecule has 3 N–H and O–H groups in total. The average Bonchev–Trinajstić information content (AvgIpc) is 2.26. The number of amides is 1. The first kappa shape index (κ1) is 16.4. The summed E-state index contributed by atoms with van der Waals surface area (Å²) >= 11 is 0. The Morgan fingerprint density at radius 3 is 2.59 bits per heavy atom. The van der Waals surface area contributed by atoms with Gasteiger partial charge in [-0.15, -0.1) is 0 Å². The number of nitrogens with one attached hydrogen (secondary N) is 1. The van der Waals surface area contributed by atoms with Gasteiger partial charge in [0.1, 0.15) is 0 Å². The number of nitrogens with two attached hydrogens (primary N) is 1. The van der Waals surface area contributed by atoms with E-state index in [1.54, 1.807) is 7.11 Å². The van der Waals surface area contributed by atoms with Crippen LogP contribution in [0.1, 0.15) is 26.2 Å². The zero-order chi connectivity index (χ0) is 13.3. The number of hydrogen-bond donors (Lipinski definition) is 2. The minimum Gasteiger partial charge on any atom is -0.385 e. The van der Waals surface area contributed by atoms with E-state index in [2.05, 4.69) is 10.2 Å². The third-order valence-corrected chi connectivity index (χ3v) is 2.60. The standard InChI is InChI=1S/C12H27N3O2/c1-10(7-8-15(2)3)14-12(16)11(13)6-5-9-17-4/h10-11H,5-9,13H2,1-4H3,(H,14,16). The smallest absolute Gasteiger partial charge is 0.237 e. The highest BCUT2D eigenvalue weighted by Gasteiger charge is 2.15. The molecule has 17 heavy (non-hydrogen) atoms. The van der Waals surface area contributed by atoms with E-state index in [1.165, 1.54) is 0 Å². The van der Waals surface area contributed by atoms with Crippen molar-refractivity contribution in [1.82, 2.24) is 10.2 Å². The van der Waals surface area contributed by atoms with Gasteiger partial charge in [-0.2, -0.15) is 0 Å². The molecule has 0 fully saturated rings. The summed E-state index contributed by atoms with van der Waals surface area (Å²) in [5.74, 6) is -0.0626. The second-order valence-corrected chi connectivity index (χ2v) is 4.74. The Bertz CT molecular complexity index is 210. The summed E-state index contributed by atoms with van der Waals surface area (Å²) in [5.41, 5.74) is 5.78. The molecule has 5 nitrogen and oxygen atoms in total. The molecule has 0 saturated heterocycles. The quantitative estimate of drug-likeness (QED) is 0.569. The molecule has 0 heterocycles. The first-order valence-corrected chi connectivity index (χ1v) is 6.17. The summed E-state index contributed by atoms with van der Waals surface area (Å²) in [7, 11) is 5.69. The second-order valence-electron chi connectivity index (χ2n) is 4.74. The van der Waals surface area contributed by atoms with Gasteiger partial charge in [0.15, 0.2) is 0 Å². The normalized spacial score (nSPS) is 14.7. The molecule has 0 radical (unpaired) electrons. The predicted octanol–water partition coefficient (Wildman–Crippen LogP) is 0.197. The van der Waals surface area contributed by atoms with Crippen LogP contribution in [-0.4, -0.2) is 57.2 Å². The maximum absolute atomic E-state index is 11.7. The van der Waals surface area contributed by atoms with Gasteiger partial charge in [-0.1, -0.05) is 0 Å². The summed E-state index contributed by atoms with van der Waals surface area (Å²) < 4.78 is 4.93. The van der Waals surface area contributed by atoms with Crippen molar-refractivity contribution in [1.29, 1.82) is 0 Å². The molecule has 0 aliphatic heterocycles. The minimum absolute atomic E-state index is 0.0626.